The highest BCUT2D eigenvalue weighted by atomic mass is 35.5. The van der Waals surface area contributed by atoms with E-state index in [2.05, 4.69) is 10.6 Å². The standard InChI is InChI=1S/C15H19ClN2O2/c1-10(14(19)18-13-4-2-3-5-13)17-15(20)11-6-8-12(16)9-7-11/h6-10,13H,2-5H2,1H3,(H,17,20)(H,18,19). The molecule has 1 aromatic rings. The molecule has 1 fully saturated rings. The minimum atomic E-state index is -0.543. The van der Waals surface area contributed by atoms with Gasteiger partial charge >= 0.3 is 0 Å². The van der Waals surface area contributed by atoms with Crippen LogP contribution in [0.5, 0.6) is 0 Å². The minimum absolute atomic E-state index is 0.126. The first-order chi connectivity index (χ1) is 9.56. The Labute approximate surface area is 123 Å². The molecule has 0 aromatic heterocycles. The summed E-state index contributed by atoms with van der Waals surface area (Å²) < 4.78 is 0. The molecule has 5 heteroatoms. The van der Waals surface area contributed by atoms with Gasteiger partial charge in [-0.15, -0.1) is 0 Å². The van der Waals surface area contributed by atoms with Crippen molar-refractivity contribution in [3.05, 3.63) is 34.9 Å². The van der Waals surface area contributed by atoms with E-state index in [0.29, 0.717) is 10.6 Å². The zero-order chi connectivity index (χ0) is 14.5. The van der Waals surface area contributed by atoms with Gasteiger partial charge in [-0.05, 0) is 44.0 Å². The van der Waals surface area contributed by atoms with E-state index in [0.717, 1.165) is 25.7 Å². The number of nitrogens with one attached hydrogen (secondary N) is 2. The van der Waals surface area contributed by atoms with E-state index in [-0.39, 0.29) is 17.9 Å². The van der Waals surface area contributed by atoms with Crippen LogP contribution in [0.25, 0.3) is 0 Å². The molecule has 1 atom stereocenters. The topological polar surface area (TPSA) is 58.2 Å². The molecule has 2 amide bonds. The Balaban J connectivity index is 1.86. The number of halogens is 1. The smallest absolute Gasteiger partial charge is 0.251 e. The Hall–Kier alpha value is -1.55. The summed E-state index contributed by atoms with van der Waals surface area (Å²) in [7, 11) is 0. The fraction of sp³-hybridized carbons (Fsp3) is 0.467. The highest BCUT2D eigenvalue weighted by Crippen LogP contribution is 2.17. The number of hydrogen-bond donors (Lipinski definition) is 2. The first-order valence-electron chi connectivity index (χ1n) is 6.93. The summed E-state index contributed by atoms with van der Waals surface area (Å²) in [6, 6.07) is 6.30. The largest absolute Gasteiger partial charge is 0.352 e. The molecule has 108 valence electrons. The average Bonchev–Trinajstić information content (AvgIpc) is 2.92. The lowest BCUT2D eigenvalue weighted by atomic mass is 10.2. The van der Waals surface area contributed by atoms with E-state index in [1.54, 1.807) is 31.2 Å². The van der Waals surface area contributed by atoms with Crippen molar-refractivity contribution in [3.63, 3.8) is 0 Å². The van der Waals surface area contributed by atoms with Gasteiger partial charge in [0.15, 0.2) is 0 Å². The van der Waals surface area contributed by atoms with Gasteiger partial charge in [-0.2, -0.15) is 0 Å². The molecule has 20 heavy (non-hydrogen) atoms. The van der Waals surface area contributed by atoms with Gasteiger partial charge in [0.1, 0.15) is 6.04 Å². The Morgan fingerprint density at radius 2 is 1.80 bits per heavy atom. The monoisotopic (exact) mass is 294 g/mol. The molecule has 2 N–H and O–H groups in total. The summed E-state index contributed by atoms with van der Waals surface area (Å²) in [5.74, 6) is -0.394. The van der Waals surface area contributed by atoms with Crippen LogP contribution in [-0.2, 0) is 4.79 Å². The van der Waals surface area contributed by atoms with E-state index in [1.165, 1.54) is 0 Å². The molecule has 0 radical (unpaired) electrons. The Kier molecular flexibility index (Phi) is 5.01. The second kappa shape index (κ2) is 6.75. The SMILES string of the molecule is CC(NC(=O)c1ccc(Cl)cc1)C(=O)NC1CCCC1. The number of carbonyl (C=O) groups excluding carboxylic acids is 2. The summed E-state index contributed by atoms with van der Waals surface area (Å²) in [6.07, 6.45) is 4.39. The number of rotatable bonds is 4. The van der Waals surface area contributed by atoms with Crippen LogP contribution in [0, 0.1) is 0 Å². The lowest BCUT2D eigenvalue weighted by Gasteiger charge is -2.17. The van der Waals surface area contributed by atoms with Crippen molar-refractivity contribution < 1.29 is 9.59 Å². The summed E-state index contributed by atoms with van der Waals surface area (Å²) in [5, 5.41) is 6.24. The van der Waals surface area contributed by atoms with E-state index < -0.39 is 6.04 Å². The molecule has 1 aliphatic rings. The second-order valence-electron chi connectivity index (χ2n) is 5.19. The van der Waals surface area contributed by atoms with Gasteiger partial charge < -0.3 is 10.6 Å². The van der Waals surface area contributed by atoms with Gasteiger partial charge in [0.25, 0.3) is 5.91 Å². The van der Waals surface area contributed by atoms with E-state index >= 15 is 0 Å². The first kappa shape index (κ1) is 14.9. The molecule has 1 aliphatic carbocycles. The molecule has 0 heterocycles. The predicted octanol–water partition coefficient (Wildman–Crippen LogP) is 2.52. The molecule has 0 spiro atoms. The molecular weight excluding hydrogens is 276 g/mol. The van der Waals surface area contributed by atoms with Crippen molar-refractivity contribution in [1.82, 2.24) is 10.6 Å². The lowest BCUT2D eigenvalue weighted by Crippen LogP contribution is -2.47. The Bertz CT molecular complexity index is 481. The van der Waals surface area contributed by atoms with Crippen LogP contribution >= 0.6 is 11.6 Å². The van der Waals surface area contributed by atoms with Crippen molar-refractivity contribution in [2.75, 3.05) is 0 Å². The zero-order valence-electron chi connectivity index (χ0n) is 11.5. The lowest BCUT2D eigenvalue weighted by molar-refractivity contribution is -0.123. The summed E-state index contributed by atoms with van der Waals surface area (Å²) in [6.45, 7) is 1.69. The average molecular weight is 295 g/mol. The maximum absolute atomic E-state index is 12.0. The van der Waals surface area contributed by atoms with Gasteiger partial charge in [-0.25, -0.2) is 0 Å². The molecule has 2 rings (SSSR count). The predicted molar refractivity (Wildman–Crippen MR) is 78.8 cm³/mol. The molecule has 1 saturated carbocycles. The number of amides is 2. The van der Waals surface area contributed by atoms with Crippen LogP contribution in [0.4, 0.5) is 0 Å². The van der Waals surface area contributed by atoms with E-state index in [4.69, 9.17) is 11.6 Å². The van der Waals surface area contributed by atoms with Gasteiger partial charge in [0.2, 0.25) is 5.91 Å². The summed E-state index contributed by atoms with van der Waals surface area (Å²) in [5.41, 5.74) is 0.495. The number of benzene rings is 1. The highest BCUT2D eigenvalue weighted by Gasteiger charge is 2.21. The quantitative estimate of drug-likeness (QED) is 0.896. The number of hydrogen-bond acceptors (Lipinski definition) is 2. The molecular formula is C15H19ClN2O2. The van der Waals surface area contributed by atoms with E-state index in [1.807, 2.05) is 0 Å². The van der Waals surface area contributed by atoms with Crippen LogP contribution in [0.3, 0.4) is 0 Å². The molecule has 1 unspecified atom stereocenters. The second-order valence-corrected chi connectivity index (χ2v) is 5.63. The summed E-state index contributed by atoms with van der Waals surface area (Å²) in [4.78, 5) is 23.9. The first-order valence-corrected chi connectivity index (χ1v) is 7.31. The summed E-state index contributed by atoms with van der Waals surface area (Å²) >= 11 is 5.77. The van der Waals surface area contributed by atoms with E-state index in [9.17, 15) is 9.59 Å². The van der Waals surface area contributed by atoms with Crippen LogP contribution in [0.1, 0.15) is 43.0 Å². The van der Waals surface area contributed by atoms with Crippen molar-refractivity contribution in [1.29, 1.82) is 0 Å². The minimum Gasteiger partial charge on any atom is -0.352 e. The van der Waals surface area contributed by atoms with Gasteiger partial charge in [-0.3, -0.25) is 9.59 Å². The maximum Gasteiger partial charge on any atom is 0.251 e. The van der Waals surface area contributed by atoms with Gasteiger partial charge in [0, 0.05) is 16.6 Å². The van der Waals surface area contributed by atoms with Crippen molar-refractivity contribution in [2.45, 2.75) is 44.7 Å². The van der Waals surface area contributed by atoms with Crippen LogP contribution in [0.15, 0.2) is 24.3 Å². The van der Waals surface area contributed by atoms with Crippen LogP contribution in [-0.4, -0.2) is 23.9 Å². The van der Waals surface area contributed by atoms with Gasteiger partial charge in [0.05, 0.1) is 0 Å². The van der Waals surface area contributed by atoms with Crippen LogP contribution < -0.4 is 10.6 Å². The molecule has 0 saturated heterocycles. The Morgan fingerprint density at radius 1 is 1.20 bits per heavy atom. The third-order valence-electron chi connectivity index (χ3n) is 3.55. The van der Waals surface area contributed by atoms with Crippen molar-refractivity contribution in [3.8, 4) is 0 Å². The van der Waals surface area contributed by atoms with Gasteiger partial charge in [-0.1, -0.05) is 24.4 Å². The fourth-order valence-electron chi connectivity index (χ4n) is 2.34. The van der Waals surface area contributed by atoms with Crippen LogP contribution in [0.2, 0.25) is 5.02 Å². The number of carbonyl (C=O) groups is 2. The van der Waals surface area contributed by atoms with Crippen molar-refractivity contribution in [2.24, 2.45) is 0 Å². The molecule has 0 aliphatic heterocycles. The normalized spacial score (nSPS) is 16.7. The molecule has 4 nitrogen and oxygen atoms in total. The zero-order valence-corrected chi connectivity index (χ0v) is 12.2. The molecule has 0 bridgehead atoms. The Morgan fingerprint density at radius 3 is 2.40 bits per heavy atom. The fourth-order valence-corrected chi connectivity index (χ4v) is 2.47. The maximum atomic E-state index is 12.0. The third kappa shape index (κ3) is 3.97. The third-order valence-corrected chi connectivity index (χ3v) is 3.80. The molecule has 1 aromatic carbocycles. The highest BCUT2D eigenvalue weighted by molar-refractivity contribution is 6.30. The van der Waals surface area contributed by atoms with Crippen molar-refractivity contribution >= 4 is 23.4 Å².